The fraction of sp³-hybridized carbons (Fsp3) is 0.412. The highest BCUT2D eigenvalue weighted by Gasteiger charge is 2.32. The molecule has 23 heavy (non-hydrogen) atoms. The molecule has 0 bridgehead atoms. The van der Waals surface area contributed by atoms with Gasteiger partial charge in [0.25, 0.3) is 0 Å². The van der Waals surface area contributed by atoms with Gasteiger partial charge in [0.2, 0.25) is 5.91 Å². The number of aromatic nitrogens is 1. The Morgan fingerprint density at radius 1 is 1.35 bits per heavy atom. The van der Waals surface area contributed by atoms with E-state index in [9.17, 15) is 9.59 Å². The van der Waals surface area contributed by atoms with Crippen molar-refractivity contribution >= 4 is 22.9 Å². The second kappa shape index (κ2) is 6.73. The summed E-state index contributed by atoms with van der Waals surface area (Å²) in [6.45, 7) is 1.01. The van der Waals surface area contributed by atoms with Crippen LogP contribution in [0.4, 0.5) is 4.79 Å². The summed E-state index contributed by atoms with van der Waals surface area (Å²) in [5.74, 6) is -0.123. The molecule has 0 unspecified atom stereocenters. The third kappa shape index (κ3) is 3.16. The number of rotatable bonds is 3. The predicted octanol–water partition coefficient (Wildman–Crippen LogP) is 2.41. The summed E-state index contributed by atoms with van der Waals surface area (Å²) >= 11 is 0. The molecule has 122 valence electrons. The molecular formula is C17H21N3O3. The molecule has 1 aliphatic heterocycles. The van der Waals surface area contributed by atoms with Crippen molar-refractivity contribution in [2.75, 3.05) is 13.7 Å². The zero-order valence-electron chi connectivity index (χ0n) is 13.2. The molecule has 2 N–H and O–H groups in total. The minimum atomic E-state index is -0.443. The number of hydrogen-bond donors (Lipinski definition) is 2. The Morgan fingerprint density at radius 3 is 3.04 bits per heavy atom. The number of fused-ring (bicyclic) bond motifs is 1. The van der Waals surface area contributed by atoms with Gasteiger partial charge in [-0.3, -0.25) is 9.69 Å². The Hall–Kier alpha value is -2.50. The lowest BCUT2D eigenvalue weighted by molar-refractivity contribution is -0.127. The SMILES string of the molecule is COC(=O)N1CCCC[C@H]1C(=O)NCc1cccc2[nH]ccc12. The highest BCUT2D eigenvalue weighted by Crippen LogP contribution is 2.20. The number of aromatic amines is 1. The summed E-state index contributed by atoms with van der Waals surface area (Å²) in [7, 11) is 1.35. The number of likely N-dealkylation sites (tertiary alicyclic amines) is 1. The van der Waals surface area contributed by atoms with Crippen molar-refractivity contribution in [1.29, 1.82) is 0 Å². The lowest BCUT2D eigenvalue weighted by Crippen LogP contribution is -2.51. The summed E-state index contributed by atoms with van der Waals surface area (Å²) in [5, 5.41) is 4.06. The van der Waals surface area contributed by atoms with E-state index in [1.807, 2.05) is 30.5 Å². The molecule has 2 aromatic rings. The van der Waals surface area contributed by atoms with Crippen molar-refractivity contribution in [3.8, 4) is 0 Å². The molecule has 0 aliphatic carbocycles. The van der Waals surface area contributed by atoms with Crippen LogP contribution in [0.15, 0.2) is 30.5 Å². The predicted molar refractivity (Wildman–Crippen MR) is 86.9 cm³/mol. The first-order valence-electron chi connectivity index (χ1n) is 7.88. The van der Waals surface area contributed by atoms with Gasteiger partial charge in [-0.1, -0.05) is 12.1 Å². The molecule has 0 spiro atoms. The van der Waals surface area contributed by atoms with Crippen molar-refractivity contribution in [2.45, 2.75) is 31.8 Å². The number of H-pyrrole nitrogens is 1. The van der Waals surface area contributed by atoms with Crippen LogP contribution in [0.25, 0.3) is 10.9 Å². The minimum absolute atomic E-state index is 0.123. The molecule has 2 heterocycles. The van der Waals surface area contributed by atoms with Crippen LogP contribution in [-0.2, 0) is 16.1 Å². The molecule has 1 saturated heterocycles. The van der Waals surface area contributed by atoms with Gasteiger partial charge in [-0.2, -0.15) is 0 Å². The van der Waals surface area contributed by atoms with Crippen molar-refractivity contribution in [1.82, 2.24) is 15.2 Å². The fourth-order valence-corrected chi connectivity index (χ4v) is 3.14. The first-order valence-corrected chi connectivity index (χ1v) is 7.88. The fourth-order valence-electron chi connectivity index (χ4n) is 3.14. The molecule has 6 heteroatoms. The number of nitrogens with zero attached hydrogens (tertiary/aromatic N) is 1. The normalized spacial score (nSPS) is 18.0. The monoisotopic (exact) mass is 315 g/mol. The van der Waals surface area contributed by atoms with E-state index in [1.54, 1.807) is 0 Å². The van der Waals surface area contributed by atoms with Crippen LogP contribution in [0.3, 0.4) is 0 Å². The number of hydrogen-bond acceptors (Lipinski definition) is 3. The molecule has 6 nitrogen and oxygen atoms in total. The van der Waals surface area contributed by atoms with Crippen LogP contribution in [-0.4, -0.2) is 41.6 Å². The Bertz CT molecular complexity index is 710. The highest BCUT2D eigenvalue weighted by molar-refractivity contribution is 5.87. The molecule has 1 aromatic heterocycles. The average molecular weight is 315 g/mol. The van der Waals surface area contributed by atoms with Crippen LogP contribution in [0.1, 0.15) is 24.8 Å². The average Bonchev–Trinajstić information content (AvgIpc) is 3.08. The number of amides is 2. The number of carbonyl (C=O) groups is 2. The van der Waals surface area contributed by atoms with Gasteiger partial charge in [-0.05, 0) is 37.0 Å². The maximum Gasteiger partial charge on any atom is 0.410 e. The molecule has 2 amide bonds. The highest BCUT2D eigenvalue weighted by atomic mass is 16.5. The minimum Gasteiger partial charge on any atom is -0.453 e. The standard InChI is InChI=1S/C17H21N3O3/c1-23-17(22)20-10-3-2-7-15(20)16(21)19-11-12-5-4-6-14-13(12)8-9-18-14/h4-6,8-9,15,18H,2-3,7,10-11H2,1H3,(H,19,21)/t15-/m0/s1. The van der Waals surface area contributed by atoms with E-state index in [-0.39, 0.29) is 5.91 Å². The second-order valence-electron chi connectivity index (χ2n) is 5.75. The largest absolute Gasteiger partial charge is 0.453 e. The lowest BCUT2D eigenvalue weighted by Gasteiger charge is -2.33. The Balaban J connectivity index is 1.68. The van der Waals surface area contributed by atoms with Crippen molar-refractivity contribution in [3.63, 3.8) is 0 Å². The summed E-state index contributed by atoms with van der Waals surface area (Å²) in [6.07, 6.45) is 3.98. The van der Waals surface area contributed by atoms with Crippen molar-refractivity contribution in [3.05, 3.63) is 36.0 Å². The van der Waals surface area contributed by atoms with Gasteiger partial charge in [0, 0.05) is 30.2 Å². The third-order valence-electron chi connectivity index (χ3n) is 4.35. The van der Waals surface area contributed by atoms with Crippen LogP contribution in [0, 0.1) is 0 Å². The Kier molecular flexibility index (Phi) is 4.50. The number of piperidine rings is 1. The van der Waals surface area contributed by atoms with E-state index in [1.165, 1.54) is 12.0 Å². The molecule has 1 fully saturated rings. The summed E-state index contributed by atoms with van der Waals surface area (Å²) in [4.78, 5) is 29.0. The topological polar surface area (TPSA) is 74.4 Å². The number of ether oxygens (including phenoxy) is 1. The van der Waals surface area contributed by atoms with Crippen LogP contribution < -0.4 is 5.32 Å². The van der Waals surface area contributed by atoms with Gasteiger partial charge in [-0.15, -0.1) is 0 Å². The maximum atomic E-state index is 12.5. The van der Waals surface area contributed by atoms with E-state index in [4.69, 9.17) is 4.74 Å². The van der Waals surface area contributed by atoms with Gasteiger partial charge < -0.3 is 15.0 Å². The van der Waals surface area contributed by atoms with Crippen LogP contribution in [0.5, 0.6) is 0 Å². The number of methoxy groups -OCH3 is 1. The second-order valence-corrected chi connectivity index (χ2v) is 5.75. The van der Waals surface area contributed by atoms with Gasteiger partial charge in [0.05, 0.1) is 7.11 Å². The van der Waals surface area contributed by atoms with Crippen molar-refractivity contribution < 1.29 is 14.3 Å². The van der Waals surface area contributed by atoms with E-state index in [0.29, 0.717) is 19.5 Å². The quantitative estimate of drug-likeness (QED) is 0.913. The van der Waals surface area contributed by atoms with E-state index < -0.39 is 12.1 Å². The van der Waals surface area contributed by atoms with Gasteiger partial charge >= 0.3 is 6.09 Å². The van der Waals surface area contributed by atoms with Gasteiger partial charge in [-0.25, -0.2) is 4.79 Å². The molecular weight excluding hydrogens is 294 g/mol. The summed E-state index contributed by atoms with van der Waals surface area (Å²) < 4.78 is 4.78. The molecule has 1 aromatic carbocycles. The van der Waals surface area contributed by atoms with Gasteiger partial charge in [0.15, 0.2) is 0 Å². The summed E-state index contributed by atoms with van der Waals surface area (Å²) in [5.41, 5.74) is 2.10. The summed E-state index contributed by atoms with van der Waals surface area (Å²) in [6, 6.07) is 7.51. The smallest absolute Gasteiger partial charge is 0.410 e. The molecule has 1 aliphatic rings. The third-order valence-corrected chi connectivity index (χ3v) is 4.35. The lowest BCUT2D eigenvalue weighted by atomic mass is 10.0. The first-order chi connectivity index (χ1) is 11.2. The first kappa shape index (κ1) is 15.4. The van der Waals surface area contributed by atoms with Crippen LogP contribution >= 0.6 is 0 Å². The molecule has 1 atom stereocenters. The number of nitrogens with one attached hydrogen (secondary N) is 2. The van der Waals surface area contributed by atoms with E-state index in [2.05, 4.69) is 10.3 Å². The Morgan fingerprint density at radius 2 is 2.22 bits per heavy atom. The van der Waals surface area contributed by atoms with Crippen LogP contribution in [0.2, 0.25) is 0 Å². The van der Waals surface area contributed by atoms with E-state index in [0.717, 1.165) is 29.3 Å². The molecule has 0 radical (unpaired) electrons. The maximum absolute atomic E-state index is 12.5. The number of benzene rings is 1. The number of carbonyl (C=O) groups excluding carboxylic acids is 2. The molecule has 3 rings (SSSR count). The van der Waals surface area contributed by atoms with Gasteiger partial charge in [0.1, 0.15) is 6.04 Å². The zero-order valence-corrected chi connectivity index (χ0v) is 13.2. The zero-order chi connectivity index (χ0) is 16.2. The van der Waals surface area contributed by atoms with Crippen molar-refractivity contribution in [2.24, 2.45) is 0 Å². The molecule has 0 saturated carbocycles. The van der Waals surface area contributed by atoms with E-state index >= 15 is 0 Å². The Labute approximate surface area is 134 Å².